The number of aromatic nitrogens is 1. The Morgan fingerprint density at radius 2 is 1.74 bits per heavy atom. The molecule has 27 heavy (non-hydrogen) atoms. The van der Waals surface area contributed by atoms with Crippen molar-refractivity contribution in [1.29, 1.82) is 0 Å². The van der Waals surface area contributed by atoms with Crippen LogP contribution in [0.15, 0.2) is 57.7 Å². The predicted octanol–water partition coefficient (Wildman–Crippen LogP) is 3.33. The standard InChI is InChI=1S/C21H21FN2O3/c22-17-7-5-15(6-8-17)20(25)16-9-11-23(12-10-16)13-14-24-18-3-1-2-4-19(18)27-21(24)26/h1-8,16H,9-14H2. The van der Waals surface area contributed by atoms with E-state index in [0.717, 1.165) is 38.0 Å². The summed E-state index contributed by atoms with van der Waals surface area (Å²) >= 11 is 0. The van der Waals surface area contributed by atoms with Gasteiger partial charge in [-0.1, -0.05) is 12.1 Å². The first kappa shape index (κ1) is 17.7. The Balaban J connectivity index is 1.34. The van der Waals surface area contributed by atoms with E-state index < -0.39 is 0 Å². The molecule has 1 saturated heterocycles. The van der Waals surface area contributed by atoms with Crippen LogP contribution in [0.1, 0.15) is 23.2 Å². The van der Waals surface area contributed by atoms with Gasteiger partial charge in [0.1, 0.15) is 5.82 Å². The number of para-hydroxylation sites is 2. The fourth-order valence-electron chi connectivity index (χ4n) is 3.74. The average molecular weight is 368 g/mol. The normalized spacial score (nSPS) is 16.0. The Morgan fingerprint density at radius 1 is 1.04 bits per heavy atom. The molecule has 2 aromatic carbocycles. The van der Waals surface area contributed by atoms with Gasteiger partial charge in [0.05, 0.1) is 5.52 Å². The van der Waals surface area contributed by atoms with Gasteiger partial charge in [-0.2, -0.15) is 0 Å². The maximum atomic E-state index is 13.0. The number of carbonyl (C=O) groups excluding carboxylic acids is 1. The summed E-state index contributed by atoms with van der Waals surface area (Å²) in [6.45, 7) is 2.91. The van der Waals surface area contributed by atoms with Crippen LogP contribution in [0.2, 0.25) is 0 Å². The van der Waals surface area contributed by atoms with Crippen LogP contribution in [0.5, 0.6) is 0 Å². The van der Waals surface area contributed by atoms with Gasteiger partial charge in [0.2, 0.25) is 0 Å². The lowest BCUT2D eigenvalue weighted by atomic mass is 9.89. The molecule has 5 nitrogen and oxygen atoms in total. The first-order valence-electron chi connectivity index (χ1n) is 9.22. The van der Waals surface area contributed by atoms with Crippen molar-refractivity contribution in [2.45, 2.75) is 19.4 Å². The molecular formula is C21H21FN2O3. The van der Waals surface area contributed by atoms with Crippen molar-refractivity contribution in [3.8, 4) is 0 Å². The molecule has 6 heteroatoms. The molecule has 0 radical (unpaired) electrons. The fourth-order valence-corrected chi connectivity index (χ4v) is 3.74. The Labute approximate surface area is 156 Å². The number of halogens is 1. The molecule has 2 heterocycles. The lowest BCUT2D eigenvalue weighted by Gasteiger charge is -2.31. The van der Waals surface area contributed by atoms with Gasteiger partial charge in [0, 0.05) is 24.6 Å². The summed E-state index contributed by atoms with van der Waals surface area (Å²) in [6.07, 6.45) is 1.55. The second-order valence-corrected chi connectivity index (χ2v) is 6.97. The van der Waals surface area contributed by atoms with Crippen molar-refractivity contribution < 1.29 is 13.6 Å². The zero-order valence-electron chi connectivity index (χ0n) is 14.9. The minimum absolute atomic E-state index is 0.0239. The van der Waals surface area contributed by atoms with E-state index >= 15 is 0 Å². The molecular weight excluding hydrogens is 347 g/mol. The summed E-state index contributed by atoms with van der Waals surface area (Å²) in [5, 5.41) is 0. The van der Waals surface area contributed by atoms with E-state index in [2.05, 4.69) is 4.90 Å². The highest BCUT2D eigenvalue weighted by molar-refractivity contribution is 5.97. The molecule has 0 atom stereocenters. The number of nitrogens with zero attached hydrogens (tertiary/aromatic N) is 2. The van der Waals surface area contributed by atoms with Gasteiger partial charge in [-0.25, -0.2) is 9.18 Å². The number of carbonyl (C=O) groups is 1. The van der Waals surface area contributed by atoms with Crippen LogP contribution in [0.25, 0.3) is 11.1 Å². The van der Waals surface area contributed by atoms with E-state index in [1.54, 1.807) is 22.8 Å². The number of ketones is 1. The van der Waals surface area contributed by atoms with Crippen molar-refractivity contribution >= 4 is 16.9 Å². The van der Waals surface area contributed by atoms with Crippen LogP contribution < -0.4 is 5.76 Å². The summed E-state index contributed by atoms with van der Waals surface area (Å²) < 4.78 is 19.9. The molecule has 0 bridgehead atoms. The number of likely N-dealkylation sites (tertiary alicyclic amines) is 1. The predicted molar refractivity (Wildman–Crippen MR) is 100 cm³/mol. The lowest BCUT2D eigenvalue weighted by molar-refractivity contribution is 0.0837. The molecule has 3 aromatic rings. The van der Waals surface area contributed by atoms with Gasteiger partial charge < -0.3 is 9.32 Å². The van der Waals surface area contributed by atoms with E-state index in [1.165, 1.54) is 12.1 Å². The molecule has 1 aliphatic heterocycles. The maximum Gasteiger partial charge on any atom is 0.419 e. The summed E-state index contributed by atoms with van der Waals surface area (Å²) in [5.74, 6) is -0.600. The van der Waals surface area contributed by atoms with E-state index in [0.29, 0.717) is 17.7 Å². The van der Waals surface area contributed by atoms with Crippen molar-refractivity contribution in [2.75, 3.05) is 19.6 Å². The second kappa shape index (κ2) is 7.48. The Hall–Kier alpha value is -2.73. The van der Waals surface area contributed by atoms with Crippen molar-refractivity contribution in [1.82, 2.24) is 9.47 Å². The lowest BCUT2D eigenvalue weighted by Crippen LogP contribution is -2.38. The van der Waals surface area contributed by atoms with E-state index in [4.69, 9.17) is 4.42 Å². The Morgan fingerprint density at radius 3 is 2.48 bits per heavy atom. The molecule has 0 N–H and O–H groups in total. The number of Topliss-reactive ketones (excluding diaryl/α,β-unsaturated/α-hetero) is 1. The number of hydrogen-bond acceptors (Lipinski definition) is 4. The number of piperidine rings is 1. The number of fused-ring (bicyclic) bond motifs is 1. The Bertz CT molecular complexity index is 998. The monoisotopic (exact) mass is 368 g/mol. The highest BCUT2D eigenvalue weighted by Gasteiger charge is 2.25. The summed E-state index contributed by atoms with van der Waals surface area (Å²) in [6, 6.07) is 13.2. The average Bonchev–Trinajstić information content (AvgIpc) is 3.02. The number of hydrogen-bond donors (Lipinski definition) is 0. The molecule has 1 aliphatic rings. The quantitative estimate of drug-likeness (QED) is 0.648. The van der Waals surface area contributed by atoms with E-state index in [-0.39, 0.29) is 23.3 Å². The molecule has 1 aromatic heterocycles. The van der Waals surface area contributed by atoms with Gasteiger partial charge in [-0.05, 0) is 62.3 Å². The summed E-state index contributed by atoms with van der Waals surface area (Å²) in [7, 11) is 0. The van der Waals surface area contributed by atoms with Crippen LogP contribution in [0, 0.1) is 11.7 Å². The van der Waals surface area contributed by atoms with Crippen LogP contribution in [0.3, 0.4) is 0 Å². The Kier molecular flexibility index (Phi) is 4.90. The third-order valence-electron chi connectivity index (χ3n) is 5.30. The van der Waals surface area contributed by atoms with E-state index in [1.807, 2.05) is 18.2 Å². The molecule has 140 valence electrons. The van der Waals surface area contributed by atoms with Crippen LogP contribution in [0.4, 0.5) is 4.39 Å². The fraction of sp³-hybridized carbons (Fsp3) is 0.333. The number of rotatable bonds is 5. The van der Waals surface area contributed by atoms with Gasteiger partial charge in [-0.15, -0.1) is 0 Å². The van der Waals surface area contributed by atoms with Crippen LogP contribution in [-0.4, -0.2) is 34.9 Å². The molecule has 0 unspecified atom stereocenters. The third kappa shape index (κ3) is 3.71. The van der Waals surface area contributed by atoms with Crippen LogP contribution in [-0.2, 0) is 6.54 Å². The van der Waals surface area contributed by atoms with Crippen LogP contribution >= 0.6 is 0 Å². The number of oxazole rings is 1. The van der Waals surface area contributed by atoms with E-state index in [9.17, 15) is 14.0 Å². The summed E-state index contributed by atoms with van der Waals surface area (Å²) in [5.41, 5.74) is 1.99. The zero-order valence-corrected chi connectivity index (χ0v) is 14.9. The molecule has 0 aliphatic carbocycles. The molecule has 4 rings (SSSR count). The minimum atomic E-state index is -0.336. The van der Waals surface area contributed by atoms with Gasteiger partial charge in [0.15, 0.2) is 11.4 Å². The number of benzene rings is 2. The zero-order chi connectivity index (χ0) is 18.8. The molecule has 0 amide bonds. The first-order valence-corrected chi connectivity index (χ1v) is 9.22. The SMILES string of the molecule is O=C(c1ccc(F)cc1)C1CCN(CCn2c(=O)oc3ccccc32)CC1. The minimum Gasteiger partial charge on any atom is -0.408 e. The van der Waals surface area contributed by atoms with Gasteiger partial charge >= 0.3 is 5.76 Å². The smallest absolute Gasteiger partial charge is 0.408 e. The third-order valence-corrected chi connectivity index (χ3v) is 5.30. The van der Waals surface area contributed by atoms with Gasteiger partial charge in [-0.3, -0.25) is 9.36 Å². The molecule has 0 saturated carbocycles. The van der Waals surface area contributed by atoms with Crippen molar-refractivity contribution in [3.05, 3.63) is 70.5 Å². The van der Waals surface area contributed by atoms with Gasteiger partial charge in [0.25, 0.3) is 0 Å². The van der Waals surface area contributed by atoms with Crippen molar-refractivity contribution in [3.63, 3.8) is 0 Å². The molecule has 1 fully saturated rings. The summed E-state index contributed by atoms with van der Waals surface area (Å²) in [4.78, 5) is 26.9. The van der Waals surface area contributed by atoms with Crippen molar-refractivity contribution in [2.24, 2.45) is 5.92 Å². The highest BCUT2D eigenvalue weighted by atomic mass is 19.1. The second-order valence-electron chi connectivity index (χ2n) is 6.97. The first-order chi connectivity index (χ1) is 13.1. The topological polar surface area (TPSA) is 55.5 Å². The molecule has 0 spiro atoms. The maximum absolute atomic E-state index is 13.0. The largest absolute Gasteiger partial charge is 0.419 e. The highest BCUT2D eigenvalue weighted by Crippen LogP contribution is 2.22.